The summed E-state index contributed by atoms with van der Waals surface area (Å²) in [6.07, 6.45) is 0. The molecule has 1 aromatic rings. The predicted molar refractivity (Wildman–Crippen MR) is 50.9 cm³/mol. The molecule has 0 bridgehead atoms. The Morgan fingerprint density at radius 1 is 1.54 bits per heavy atom. The second-order valence-electron chi connectivity index (χ2n) is 3.06. The maximum Gasteiger partial charge on any atom is 0.256 e. The molecule has 13 heavy (non-hydrogen) atoms. The summed E-state index contributed by atoms with van der Waals surface area (Å²) in [4.78, 5) is 11.5. The van der Waals surface area contributed by atoms with Crippen molar-refractivity contribution in [2.75, 3.05) is 6.54 Å². The SMILES string of the molecule is Cc1cc(O)n(CCN)c(=O)c1C. The van der Waals surface area contributed by atoms with Crippen molar-refractivity contribution in [3.63, 3.8) is 0 Å². The summed E-state index contributed by atoms with van der Waals surface area (Å²) in [6.45, 7) is 4.23. The van der Waals surface area contributed by atoms with E-state index in [1.54, 1.807) is 19.9 Å². The lowest BCUT2D eigenvalue weighted by molar-refractivity contribution is 0.406. The normalized spacial score (nSPS) is 10.4. The van der Waals surface area contributed by atoms with Gasteiger partial charge in [-0.2, -0.15) is 0 Å². The van der Waals surface area contributed by atoms with Crippen molar-refractivity contribution in [3.05, 3.63) is 27.5 Å². The molecule has 3 N–H and O–H groups in total. The van der Waals surface area contributed by atoms with Crippen LogP contribution in [0.25, 0.3) is 0 Å². The van der Waals surface area contributed by atoms with Crippen LogP contribution in [0.2, 0.25) is 0 Å². The van der Waals surface area contributed by atoms with Gasteiger partial charge in [0, 0.05) is 24.7 Å². The lowest BCUT2D eigenvalue weighted by atomic mass is 10.2. The standard InChI is InChI=1S/C9H14N2O2/c1-6-5-8(12)11(4-3-10)9(13)7(6)2/h5,12H,3-4,10H2,1-2H3. The lowest BCUT2D eigenvalue weighted by Crippen LogP contribution is -2.26. The molecule has 0 saturated carbocycles. The van der Waals surface area contributed by atoms with Crippen molar-refractivity contribution >= 4 is 0 Å². The van der Waals surface area contributed by atoms with Crippen LogP contribution in [-0.4, -0.2) is 16.2 Å². The zero-order valence-electron chi connectivity index (χ0n) is 7.87. The van der Waals surface area contributed by atoms with E-state index in [1.165, 1.54) is 4.57 Å². The number of hydrogen-bond acceptors (Lipinski definition) is 3. The summed E-state index contributed by atoms with van der Waals surface area (Å²) in [5.41, 5.74) is 6.61. The van der Waals surface area contributed by atoms with Gasteiger partial charge in [0.05, 0.1) is 0 Å². The predicted octanol–water partition coefficient (Wildman–Crippen LogP) is 0.129. The van der Waals surface area contributed by atoms with Crippen LogP contribution in [0.1, 0.15) is 11.1 Å². The second-order valence-corrected chi connectivity index (χ2v) is 3.06. The van der Waals surface area contributed by atoms with Gasteiger partial charge < -0.3 is 10.8 Å². The van der Waals surface area contributed by atoms with Gasteiger partial charge in [0.1, 0.15) is 0 Å². The summed E-state index contributed by atoms with van der Waals surface area (Å²) >= 11 is 0. The number of pyridine rings is 1. The molecule has 0 aliphatic carbocycles. The van der Waals surface area contributed by atoms with Crippen molar-refractivity contribution in [2.24, 2.45) is 5.73 Å². The maximum absolute atomic E-state index is 11.5. The lowest BCUT2D eigenvalue weighted by Gasteiger charge is -2.09. The Balaban J connectivity index is 3.35. The highest BCUT2D eigenvalue weighted by atomic mass is 16.3. The Labute approximate surface area is 76.6 Å². The van der Waals surface area contributed by atoms with Crippen LogP contribution in [0.15, 0.2) is 10.9 Å². The van der Waals surface area contributed by atoms with E-state index in [0.29, 0.717) is 18.7 Å². The van der Waals surface area contributed by atoms with Crippen molar-refractivity contribution in [2.45, 2.75) is 20.4 Å². The average Bonchev–Trinajstić information content (AvgIpc) is 2.09. The quantitative estimate of drug-likeness (QED) is 0.683. The molecule has 0 saturated heterocycles. The van der Waals surface area contributed by atoms with Crippen LogP contribution in [0, 0.1) is 13.8 Å². The van der Waals surface area contributed by atoms with Crippen LogP contribution >= 0.6 is 0 Å². The van der Waals surface area contributed by atoms with E-state index < -0.39 is 0 Å². The zero-order valence-corrected chi connectivity index (χ0v) is 7.87. The highest BCUT2D eigenvalue weighted by molar-refractivity contribution is 5.27. The summed E-state index contributed by atoms with van der Waals surface area (Å²) in [5, 5.41) is 9.44. The minimum absolute atomic E-state index is 0.0152. The van der Waals surface area contributed by atoms with Crippen molar-refractivity contribution in [1.29, 1.82) is 0 Å². The Morgan fingerprint density at radius 2 is 2.15 bits per heavy atom. The second kappa shape index (κ2) is 3.62. The number of rotatable bonds is 2. The maximum atomic E-state index is 11.5. The fourth-order valence-corrected chi connectivity index (χ4v) is 1.20. The van der Waals surface area contributed by atoms with Gasteiger partial charge in [0.25, 0.3) is 5.56 Å². The Morgan fingerprint density at radius 3 is 2.69 bits per heavy atom. The first-order valence-corrected chi connectivity index (χ1v) is 4.18. The molecule has 0 fully saturated rings. The number of nitrogens with two attached hydrogens (primary N) is 1. The third-order valence-corrected chi connectivity index (χ3v) is 2.13. The molecular formula is C9H14N2O2. The third kappa shape index (κ3) is 1.72. The monoisotopic (exact) mass is 182 g/mol. The van der Waals surface area contributed by atoms with E-state index in [0.717, 1.165) is 5.56 Å². The molecule has 0 aliphatic heterocycles. The molecular weight excluding hydrogens is 168 g/mol. The molecule has 1 rings (SSSR count). The van der Waals surface area contributed by atoms with Crippen LogP contribution in [0.5, 0.6) is 5.88 Å². The number of aromatic hydroxyl groups is 1. The molecule has 0 amide bonds. The van der Waals surface area contributed by atoms with Crippen molar-refractivity contribution in [3.8, 4) is 5.88 Å². The van der Waals surface area contributed by atoms with Crippen LogP contribution in [0.3, 0.4) is 0 Å². The van der Waals surface area contributed by atoms with Crippen LogP contribution in [-0.2, 0) is 6.54 Å². The van der Waals surface area contributed by atoms with E-state index in [-0.39, 0.29) is 11.4 Å². The van der Waals surface area contributed by atoms with Crippen LogP contribution < -0.4 is 11.3 Å². The Hall–Kier alpha value is -1.29. The topological polar surface area (TPSA) is 68.2 Å². The number of aromatic nitrogens is 1. The number of nitrogens with zero attached hydrogens (tertiary/aromatic N) is 1. The Kier molecular flexibility index (Phi) is 2.72. The molecule has 0 atom stereocenters. The third-order valence-electron chi connectivity index (χ3n) is 2.13. The van der Waals surface area contributed by atoms with Gasteiger partial charge in [-0.1, -0.05) is 0 Å². The molecule has 0 radical (unpaired) electrons. The Bertz CT molecular complexity index is 369. The fraction of sp³-hybridized carbons (Fsp3) is 0.444. The van der Waals surface area contributed by atoms with Gasteiger partial charge in [0.2, 0.25) is 0 Å². The molecule has 1 aromatic heterocycles. The molecule has 4 nitrogen and oxygen atoms in total. The average molecular weight is 182 g/mol. The van der Waals surface area contributed by atoms with Gasteiger partial charge in [-0.25, -0.2) is 0 Å². The summed E-state index contributed by atoms with van der Waals surface area (Å²) < 4.78 is 1.28. The molecule has 72 valence electrons. The molecule has 0 aromatic carbocycles. The van der Waals surface area contributed by atoms with Gasteiger partial charge in [-0.15, -0.1) is 0 Å². The first-order chi connectivity index (χ1) is 6.07. The van der Waals surface area contributed by atoms with Gasteiger partial charge in [0.15, 0.2) is 5.88 Å². The fourth-order valence-electron chi connectivity index (χ4n) is 1.20. The molecule has 4 heteroatoms. The van der Waals surface area contributed by atoms with Gasteiger partial charge >= 0.3 is 0 Å². The number of hydrogen-bond donors (Lipinski definition) is 2. The van der Waals surface area contributed by atoms with Crippen molar-refractivity contribution < 1.29 is 5.11 Å². The van der Waals surface area contributed by atoms with Crippen LogP contribution in [0.4, 0.5) is 0 Å². The van der Waals surface area contributed by atoms with Gasteiger partial charge in [-0.3, -0.25) is 9.36 Å². The molecule has 0 aliphatic rings. The molecule has 0 unspecified atom stereocenters. The smallest absolute Gasteiger partial charge is 0.256 e. The van der Waals surface area contributed by atoms with E-state index in [1.807, 2.05) is 0 Å². The van der Waals surface area contributed by atoms with E-state index in [2.05, 4.69) is 0 Å². The number of aryl methyl sites for hydroxylation is 1. The first kappa shape index (κ1) is 9.80. The molecule has 0 spiro atoms. The minimum atomic E-state index is -0.164. The van der Waals surface area contributed by atoms with E-state index in [9.17, 15) is 9.90 Å². The van der Waals surface area contributed by atoms with E-state index in [4.69, 9.17) is 5.73 Å². The largest absolute Gasteiger partial charge is 0.494 e. The highest BCUT2D eigenvalue weighted by Gasteiger charge is 2.06. The highest BCUT2D eigenvalue weighted by Crippen LogP contribution is 2.10. The van der Waals surface area contributed by atoms with Crippen molar-refractivity contribution in [1.82, 2.24) is 4.57 Å². The van der Waals surface area contributed by atoms with Gasteiger partial charge in [-0.05, 0) is 19.4 Å². The summed E-state index contributed by atoms with van der Waals surface area (Å²) in [5.74, 6) is -0.0152. The minimum Gasteiger partial charge on any atom is -0.494 e. The summed E-state index contributed by atoms with van der Waals surface area (Å²) in [6, 6.07) is 1.58. The zero-order chi connectivity index (χ0) is 10.0. The van der Waals surface area contributed by atoms with E-state index >= 15 is 0 Å². The summed E-state index contributed by atoms with van der Waals surface area (Å²) in [7, 11) is 0. The molecule has 1 heterocycles. The first-order valence-electron chi connectivity index (χ1n) is 4.18.